The van der Waals surface area contributed by atoms with Gasteiger partial charge in [0.05, 0.1) is 13.7 Å². The zero-order valence-electron chi connectivity index (χ0n) is 9.14. The molecule has 0 saturated carbocycles. The Morgan fingerprint density at radius 3 is 2.82 bits per heavy atom. The van der Waals surface area contributed by atoms with Crippen LogP contribution in [0.2, 0.25) is 0 Å². The molecule has 0 fully saturated rings. The monoisotopic (exact) mass is 243 g/mol. The molecule has 0 saturated heterocycles. The Labute approximate surface area is 96.6 Å². The van der Waals surface area contributed by atoms with E-state index < -0.39 is 13.0 Å². The van der Waals surface area contributed by atoms with Gasteiger partial charge in [-0.05, 0) is 11.6 Å². The predicted octanol–water partition coefficient (Wildman–Crippen LogP) is 3.15. The molecule has 0 atom stereocenters. The van der Waals surface area contributed by atoms with Crippen molar-refractivity contribution in [2.24, 2.45) is 5.11 Å². The minimum absolute atomic E-state index is 0.0750. The van der Waals surface area contributed by atoms with E-state index in [2.05, 4.69) is 10.0 Å². The number of rotatable bonds is 6. The molecule has 0 aromatic heterocycles. The maximum atomic E-state index is 12.0. The molecular formula is C10H11F2N3O2. The minimum Gasteiger partial charge on any atom is -0.493 e. The average Bonchev–Trinajstić information content (AvgIpc) is 2.33. The normalized spacial score (nSPS) is 9.88. The highest BCUT2D eigenvalue weighted by Gasteiger charge is 2.11. The van der Waals surface area contributed by atoms with Crippen molar-refractivity contribution >= 4 is 0 Å². The number of ether oxygens (including phenoxy) is 2. The lowest BCUT2D eigenvalue weighted by Gasteiger charge is -2.13. The minimum atomic E-state index is -2.56. The summed E-state index contributed by atoms with van der Waals surface area (Å²) in [4.78, 5) is 2.62. The lowest BCUT2D eigenvalue weighted by atomic mass is 10.2. The summed E-state index contributed by atoms with van der Waals surface area (Å²) in [7, 11) is 1.39. The average molecular weight is 243 g/mol. The Morgan fingerprint density at radius 2 is 2.24 bits per heavy atom. The molecule has 0 radical (unpaired) electrons. The summed E-state index contributed by atoms with van der Waals surface area (Å²) in [6.45, 7) is -0.632. The van der Waals surface area contributed by atoms with E-state index in [4.69, 9.17) is 15.0 Å². The van der Waals surface area contributed by atoms with Crippen LogP contribution < -0.4 is 9.47 Å². The Morgan fingerprint density at radius 1 is 1.47 bits per heavy atom. The number of methoxy groups -OCH3 is 1. The zero-order valence-corrected chi connectivity index (χ0v) is 9.14. The van der Waals surface area contributed by atoms with Gasteiger partial charge in [-0.3, -0.25) is 0 Å². The first-order valence-corrected chi connectivity index (χ1v) is 4.76. The van der Waals surface area contributed by atoms with Gasteiger partial charge < -0.3 is 9.47 Å². The topological polar surface area (TPSA) is 67.2 Å². The van der Waals surface area contributed by atoms with Crippen LogP contribution in [0.4, 0.5) is 8.78 Å². The fourth-order valence-electron chi connectivity index (χ4n) is 1.29. The van der Waals surface area contributed by atoms with E-state index in [1.165, 1.54) is 13.2 Å². The van der Waals surface area contributed by atoms with Crippen LogP contribution in [0.3, 0.4) is 0 Å². The standard InChI is InChI=1S/C10H11F2N3O2/c1-16-10-7(5-14-15-13)3-2-4-8(10)17-6-9(11)12/h2-4,9H,5-6H2,1H3. The second-order valence-electron chi connectivity index (χ2n) is 3.04. The van der Waals surface area contributed by atoms with Gasteiger partial charge in [-0.2, -0.15) is 0 Å². The number of benzene rings is 1. The second kappa shape index (κ2) is 6.55. The number of halogens is 2. The Hall–Kier alpha value is -2.01. The maximum absolute atomic E-state index is 12.0. The fourth-order valence-corrected chi connectivity index (χ4v) is 1.29. The highest BCUT2D eigenvalue weighted by atomic mass is 19.3. The second-order valence-corrected chi connectivity index (χ2v) is 3.04. The molecule has 0 N–H and O–H groups in total. The van der Waals surface area contributed by atoms with Crippen molar-refractivity contribution in [2.45, 2.75) is 13.0 Å². The van der Waals surface area contributed by atoms with Crippen molar-refractivity contribution in [3.63, 3.8) is 0 Å². The first kappa shape index (κ1) is 13.1. The smallest absolute Gasteiger partial charge is 0.272 e. The summed E-state index contributed by atoms with van der Waals surface area (Å²) < 4.78 is 34.0. The summed E-state index contributed by atoms with van der Waals surface area (Å²) in [5, 5.41) is 3.38. The van der Waals surface area contributed by atoms with Crippen LogP contribution in [0.15, 0.2) is 23.3 Å². The van der Waals surface area contributed by atoms with Crippen LogP contribution in [0.5, 0.6) is 11.5 Å². The van der Waals surface area contributed by atoms with Gasteiger partial charge in [0, 0.05) is 10.5 Å². The van der Waals surface area contributed by atoms with Crippen LogP contribution in [0.1, 0.15) is 5.56 Å². The van der Waals surface area contributed by atoms with Gasteiger partial charge >= 0.3 is 0 Å². The van der Waals surface area contributed by atoms with Gasteiger partial charge in [0.2, 0.25) is 0 Å². The molecule has 17 heavy (non-hydrogen) atoms. The molecule has 0 unspecified atom stereocenters. The maximum Gasteiger partial charge on any atom is 0.272 e. The van der Waals surface area contributed by atoms with Crippen molar-refractivity contribution in [3.05, 3.63) is 34.2 Å². The quantitative estimate of drug-likeness (QED) is 0.437. The first-order chi connectivity index (χ1) is 8.19. The SMILES string of the molecule is COc1c(CN=[N+]=[N-])cccc1OCC(F)F. The van der Waals surface area contributed by atoms with Crippen molar-refractivity contribution in [2.75, 3.05) is 13.7 Å². The molecule has 7 heteroatoms. The van der Waals surface area contributed by atoms with Gasteiger partial charge in [-0.25, -0.2) is 8.78 Å². The lowest BCUT2D eigenvalue weighted by molar-refractivity contribution is 0.0803. The molecule has 0 aliphatic carbocycles. The van der Waals surface area contributed by atoms with Crippen LogP contribution in [0, 0.1) is 0 Å². The lowest BCUT2D eigenvalue weighted by Crippen LogP contribution is -2.08. The van der Waals surface area contributed by atoms with Gasteiger partial charge in [0.25, 0.3) is 6.43 Å². The molecule has 5 nitrogen and oxygen atoms in total. The van der Waals surface area contributed by atoms with Crippen molar-refractivity contribution in [3.8, 4) is 11.5 Å². The molecule has 1 rings (SSSR count). The third-order valence-electron chi connectivity index (χ3n) is 1.93. The Kier molecular flexibility index (Phi) is 5.03. The van der Waals surface area contributed by atoms with E-state index in [0.29, 0.717) is 11.3 Å². The molecule has 92 valence electrons. The van der Waals surface area contributed by atoms with Crippen molar-refractivity contribution in [1.29, 1.82) is 0 Å². The number of para-hydroxylation sites is 1. The van der Waals surface area contributed by atoms with Gasteiger partial charge in [-0.15, -0.1) is 0 Å². The summed E-state index contributed by atoms with van der Waals surface area (Å²) in [5.41, 5.74) is 8.80. The number of alkyl halides is 2. The Balaban J connectivity index is 2.92. The molecule has 0 amide bonds. The van der Waals surface area contributed by atoms with E-state index in [0.717, 1.165) is 0 Å². The van der Waals surface area contributed by atoms with E-state index in [1.54, 1.807) is 12.1 Å². The first-order valence-electron chi connectivity index (χ1n) is 4.76. The molecule has 1 aromatic rings. The van der Waals surface area contributed by atoms with Crippen LogP contribution in [-0.4, -0.2) is 20.1 Å². The third kappa shape index (κ3) is 3.81. The highest BCUT2D eigenvalue weighted by Crippen LogP contribution is 2.31. The fraction of sp³-hybridized carbons (Fsp3) is 0.400. The molecular weight excluding hydrogens is 232 g/mol. The summed E-state index contributed by atoms with van der Waals surface area (Å²) in [6, 6.07) is 4.80. The van der Waals surface area contributed by atoms with Crippen LogP contribution in [-0.2, 0) is 6.54 Å². The van der Waals surface area contributed by atoms with Gasteiger partial charge in [0.15, 0.2) is 11.5 Å². The van der Waals surface area contributed by atoms with E-state index in [1.807, 2.05) is 0 Å². The molecule has 0 spiro atoms. The molecule has 0 aliphatic heterocycles. The summed E-state index contributed by atoms with van der Waals surface area (Å²) >= 11 is 0. The Bertz CT molecular complexity index is 420. The van der Waals surface area contributed by atoms with E-state index in [9.17, 15) is 8.78 Å². The van der Waals surface area contributed by atoms with Crippen molar-refractivity contribution in [1.82, 2.24) is 0 Å². The number of nitrogens with zero attached hydrogens (tertiary/aromatic N) is 3. The predicted molar refractivity (Wildman–Crippen MR) is 57.3 cm³/mol. The molecule has 0 heterocycles. The number of hydrogen-bond acceptors (Lipinski definition) is 3. The van der Waals surface area contributed by atoms with E-state index in [-0.39, 0.29) is 12.3 Å². The van der Waals surface area contributed by atoms with Crippen LogP contribution in [0.25, 0.3) is 10.4 Å². The largest absolute Gasteiger partial charge is 0.493 e. The summed E-state index contributed by atoms with van der Waals surface area (Å²) in [6.07, 6.45) is -2.56. The zero-order chi connectivity index (χ0) is 12.7. The number of azide groups is 1. The highest BCUT2D eigenvalue weighted by molar-refractivity contribution is 5.46. The summed E-state index contributed by atoms with van der Waals surface area (Å²) in [5.74, 6) is 0.513. The molecule has 1 aromatic carbocycles. The number of hydrogen-bond donors (Lipinski definition) is 0. The van der Waals surface area contributed by atoms with E-state index >= 15 is 0 Å². The van der Waals surface area contributed by atoms with Crippen LogP contribution >= 0.6 is 0 Å². The van der Waals surface area contributed by atoms with Gasteiger partial charge in [0.1, 0.15) is 6.61 Å². The molecule has 0 bridgehead atoms. The van der Waals surface area contributed by atoms with Gasteiger partial charge in [-0.1, -0.05) is 17.2 Å². The molecule has 0 aliphatic rings. The third-order valence-corrected chi connectivity index (χ3v) is 1.93. The van der Waals surface area contributed by atoms with Crippen molar-refractivity contribution < 1.29 is 18.3 Å².